The summed E-state index contributed by atoms with van der Waals surface area (Å²) >= 11 is 0. The van der Waals surface area contributed by atoms with E-state index in [-0.39, 0.29) is 0 Å². The van der Waals surface area contributed by atoms with E-state index in [0.717, 1.165) is 32.7 Å². The molecule has 1 atom stereocenters. The molecule has 1 aliphatic rings. The van der Waals surface area contributed by atoms with E-state index < -0.39 is 0 Å². The lowest BCUT2D eigenvalue weighted by molar-refractivity contribution is 0.101. The Morgan fingerprint density at radius 2 is 1.83 bits per heavy atom. The van der Waals surface area contributed by atoms with Gasteiger partial charge in [0.25, 0.3) is 0 Å². The maximum Gasteiger partial charge on any atom is 0.0621 e. The van der Waals surface area contributed by atoms with Crippen LogP contribution in [0.4, 0.5) is 0 Å². The molecule has 0 radical (unpaired) electrons. The Morgan fingerprint density at radius 1 is 1.06 bits per heavy atom. The zero-order valence-corrected chi connectivity index (χ0v) is 11.5. The molecule has 0 amide bonds. The number of nitrogens with zero attached hydrogens (tertiary/aromatic N) is 1. The molecule has 1 fully saturated rings. The van der Waals surface area contributed by atoms with Crippen LogP contribution < -0.4 is 0 Å². The molecule has 3 heteroatoms. The summed E-state index contributed by atoms with van der Waals surface area (Å²) in [5.74, 6) is 0. The van der Waals surface area contributed by atoms with Gasteiger partial charge in [0.1, 0.15) is 0 Å². The Balaban J connectivity index is 1.69. The van der Waals surface area contributed by atoms with Crippen molar-refractivity contribution >= 4 is 0 Å². The first-order valence-corrected chi connectivity index (χ1v) is 7.50. The smallest absolute Gasteiger partial charge is 0.0621 e. The van der Waals surface area contributed by atoms with Crippen molar-refractivity contribution in [1.29, 1.82) is 5.26 Å². The highest BCUT2D eigenvalue weighted by atomic mass is 16.5. The molecule has 1 saturated heterocycles. The zero-order chi connectivity index (χ0) is 12.9. The average Bonchev–Trinajstić information content (AvgIpc) is 2.89. The van der Waals surface area contributed by atoms with E-state index in [1.807, 2.05) is 0 Å². The number of hydrogen-bond acceptors (Lipinski definition) is 3. The van der Waals surface area contributed by atoms with Crippen molar-refractivity contribution < 1.29 is 9.47 Å². The standard InChI is InChI=1S/C15H27NO2/c16-11-5-3-7-13-17-12-6-2-1-4-9-15-10-8-14-18-15/h15H,1-10,12-14H2. The van der Waals surface area contributed by atoms with Crippen LogP contribution in [-0.2, 0) is 9.47 Å². The fraction of sp³-hybridized carbons (Fsp3) is 0.933. The van der Waals surface area contributed by atoms with Crippen LogP contribution in [0, 0.1) is 11.3 Å². The van der Waals surface area contributed by atoms with Crippen LogP contribution in [-0.4, -0.2) is 25.9 Å². The molecular weight excluding hydrogens is 226 g/mol. The Morgan fingerprint density at radius 3 is 2.56 bits per heavy atom. The molecule has 0 spiro atoms. The minimum atomic E-state index is 0.557. The second kappa shape index (κ2) is 11.5. The van der Waals surface area contributed by atoms with Crippen LogP contribution in [0.2, 0.25) is 0 Å². The Bertz CT molecular complexity index is 219. The van der Waals surface area contributed by atoms with Crippen LogP contribution in [0.15, 0.2) is 0 Å². The van der Waals surface area contributed by atoms with Gasteiger partial charge in [0.2, 0.25) is 0 Å². The molecule has 104 valence electrons. The van der Waals surface area contributed by atoms with E-state index in [1.165, 1.54) is 44.9 Å². The predicted molar refractivity (Wildman–Crippen MR) is 72.3 cm³/mol. The lowest BCUT2D eigenvalue weighted by Crippen LogP contribution is -2.04. The van der Waals surface area contributed by atoms with E-state index in [9.17, 15) is 0 Å². The van der Waals surface area contributed by atoms with Gasteiger partial charge in [0.05, 0.1) is 12.2 Å². The molecular formula is C15H27NO2. The van der Waals surface area contributed by atoms with Crippen LogP contribution in [0.5, 0.6) is 0 Å². The molecule has 0 N–H and O–H groups in total. The topological polar surface area (TPSA) is 42.2 Å². The van der Waals surface area contributed by atoms with E-state index >= 15 is 0 Å². The van der Waals surface area contributed by atoms with Crippen molar-refractivity contribution in [3.63, 3.8) is 0 Å². The number of unbranched alkanes of at least 4 members (excludes halogenated alkanes) is 5. The average molecular weight is 253 g/mol. The number of ether oxygens (including phenoxy) is 2. The minimum Gasteiger partial charge on any atom is -0.381 e. The molecule has 1 aliphatic heterocycles. The number of hydrogen-bond donors (Lipinski definition) is 0. The summed E-state index contributed by atoms with van der Waals surface area (Å²) in [5.41, 5.74) is 0. The fourth-order valence-electron chi connectivity index (χ4n) is 2.31. The van der Waals surface area contributed by atoms with Gasteiger partial charge in [0, 0.05) is 26.2 Å². The first-order valence-electron chi connectivity index (χ1n) is 7.50. The molecule has 0 bridgehead atoms. The van der Waals surface area contributed by atoms with Crippen molar-refractivity contribution in [2.45, 2.75) is 70.3 Å². The van der Waals surface area contributed by atoms with Gasteiger partial charge in [-0.15, -0.1) is 0 Å². The summed E-state index contributed by atoms with van der Waals surface area (Å²) < 4.78 is 11.1. The third-order valence-electron chi connectivity index (χ3n) is 3.42. The summed E-state index contributed by atoms with van der Waals surface area (Å²) in [5, 5.41) is 8.37. The lowest BCUT2D eigenvalue weighted by Gasteiger charge is -2.08. The lowest BCUT2D eigenvalue weighted by atomic mass is 10.1. The van der Waals surface area contributed by atoms with Gasteiger partial charge in [-0.25, -0.2) is 0 Å². The van der Waals surface area contributed by atoms with Crippen molar-refractivity contribution in [3.05, 3.63) is 0 Å². The quantitative estimate of drug-likeness (QED) is 0.526. The van der Waals surface area contributed by atoms with E-state index in [4.69, 9.17) is 14.7 Å². The molecule has 1 rings (SSSR count). The first kappa shape index (κ1) is 15.5. The van der Waals surface area contributed by atoms with Gasteiger partial charge in [-0.3, -0.25) is 0 Å². The number of nitriles is 1. The highest BCUT2D eigenvalue weighted by Gasteiger charge is 2.14. The van der Waals surface area contributed by atoms with E-state index in [0.29, 0.717) is 12.5 Å². The van der Waals surface area contributed by atoms with Crippen LogP contribution in [0.1, 0.15) is 64.2 Å². The maximum atomic E-state index is 8.37. The van der Waals surface area contributed by atoms with Crippen molar-refractivity contribution in [3.8, 4) is 6.07 Å². The van der Waals surface area contributed by atoms with Crippen LogP contribution in [0.3, 0.4) is 0 Å². The SMILES string of the molecule is N#CCCCCOCCCCCCC1CCCO1. The molecule has 1 unspecified atom stereocenters. The van der Waals surface area contributed by atoms with Gasteiger partial charge in [-0.1, -0.05) is 19.3 Å². The first-order chi connectivity index (χ1) is 8.93. The summed E-state index contributed by atoms with van der Waals surface area (Å²) in [6, 6.07) is 2.15. The van der Waals surface area contributed by atoms with E-state index in [1.54, 1.807) is 0 Å². The van der Waals surface area contributed by atoms with E-state index in [2.05, 4.69) is 6.07 Å². The largest absolute Gasteiger partial charge is 0.381 e. The summed E-state index contributed by atoms with van der Waals surface area (Å²) in [6.45, 7) is 2.67. The second-order valence-electron chi connectivity index (χ2n) is 5.07. The Hall–Kier alpha value is -0.590. The molecule has 3 nitrogen and oxygen atoms in total. The molecule has 0 aliphatic carbocycles. The second-order valence-corrected chi connectivity index (χ2v) is 5.07. The maximum absolute atomic E-state index is 8.37. The minimum absolute atomic E-state index is 0.557. The highest BCUT2D eigenvalue weighted by molar-refractivity contribution is 4.67. The molecule has 0 aromatic carbocycles. The van der Waals surface area contributed by atoms with Crippen LogP contribution >= 0.6 is 0 Å². The molecule has 1 heterocycles. The van der Waals surface area contributed by atoms with Gasteiger partial charge in [0.15, 0.2) is 0 Å². The molecule has 0 aromatic heterocycles. The van der Waals surface area contributed by atoms with Gasteiger partial charge in [-0.2, -0.15) is 5.26 Å². The molecule has 0 aromatic rings. The van der Waals surface area contributed by atoms with Gasteiger partial charge in [-0.05, 0) is 38.5 Å². The third-order valence-corrected chi connectivity index (χ3v) is 3.42. The summed E-state index contributed by atoms with van der Waals surface area (Å²) in [4.78, 5) is 0. The molecule has 0 saturated carbocycles. The Kier molecular flexibility index (Phi) is 9.88. The van der Waals surface area contributed by atoms with Crippen molar-refractivity contribution in [2.24, 2.45) is 0 Å². The monoisotopic (exact) mass is 253 g/mol. The zero-order valence-electron chi connectivity index (χ0n) is 11.5. The van der Waals surface area contributed by atoms with Crippen molar-refractivity contribution in [1.82, 2.24) is 0 Å². The van der Waals surface area contributed by atoms with Crippen LogP contribution in [0.25, 0.3) is 0 Å². The normalized spacial score (nSPS) is 18.9. The third kappa shape index (κ3) is 8.49. The number of rotatable bonds is 11. The fourth-order valence-corrected chi connectivity index (χ4v) is 2.31. The Labute approximate surface area is 111 Å². The summed E-state index contributed by atoms with van der Waals surface area (Å²) in [7, 11) is 0. The molecule has 18 heavy (non-hydrogen) atoms. The predicted octanol–water partition coefficient (Wildman–Crippen LogP) is 3.83. The van der Waals surface area contributed by atoms with Gasteiger partial charge >= 0.3 is 0 Å². The highest BCUT2D eigenvalue weighted by Crippen LogP contribution is 2.18. The summed E-state index contributed by atoms with van der Waals surface area (Å²) in [6.07, 6.45) is 12.0. The van der Waals surface area contributed by atoms with Gasteiger partial charge < -0.3 is 9.47 Å². The van der Waals surface area contributed by atoms with Crippen molar-refractivity contribution in [2.75, 3.05) is 19.8 Å².